The largest absolute Gasteiger partial charge is 0.502 e. The molecule has 2 aromatic carbocycles. The number of carbonyl (C=O) groups excluding carboxylic acids is 1. The number of nitrogens with zero attached hydrogens (tertiary/aromatic N) is 3. The standard InChI is InChI=1S/C25H25N3O3/c1-16-14-27-22(24(30)23(16)29)25(31)26(2)15-28(27)21-19-12-5-3-8-17(19)10-7-11-18-9-4-6-13-20(18)21/h3-6,8-9,12-14,21,30H,7,10-11,15H2,1-2H3. The van der Waals surface area contributed by atoms with Crippen molar-refractivity contribution < 1.29 is 9.90 Å². The van der Waals surface area contributed by atoms with Crippen LogP contribution in [0.1, 0.15) is 50.8 Å². The zero-order valence-electron chi connectivity index (χ0n) is 17.7. The fraction of sp³-hybridized carbons (Fsp3) is 0.280. The molecule has 3 aromatic rings. The van der Waals surface area contributed by atoms with E-state index in [0.717, 1.165) is 19.3 Å². The van der Waals surface area contributed by atoms with Gasteiger partial charge in [-0.15, -0.1) is 0 Å². The van der Waals surface area contributed by atoms with Crippen molar-refractivity contribution >= 4 is 5.91 Å². The molecule has 0 unspecified atom stereocenters. The molecule has 0 saturated carbocycles. The van der Waals surface area contributed by atoms with Crippen molar-refractivity contribution in [2.75, 3.05) is 18.7 Å². The maximum atomic E-state index is 12.9. The highest BCUT2D eigenvalue weighted by atomic mass is 16.3. The molecule has 0 atom stereocenters. The van der Waals surface area contributed by atoms with Gasteiger partial charge in [-0.05, 0) is 48.4 Å². The third-order valence-corrected chi connectivity index (χ3v) is 6.42. The van der Waals surface area contributed by atoms with Crippen LogP contribution in [0.15, 0.2) is 59.5 Å². The first-order chi connectivity index (χ1) is 15.0. The molecule has 0 spiro atoms. The Morgan fingerprint density at radius 1 is 0.935 bits per heavy atom. The number of benzene rings is 2. The van der Waals surface area contributed by atoms with Gasteiger partial charge in [0.15, 0.2) is 11.4 Å². The third kappa shape index (κ3) is 3.02. The van der Waals surface area contributed by atoms with E-state index in [2.05, 4.69) is 41.4 Å². The highest BCUT2D eigenvalue weighted by Gasteiger charge is 2.37. The second-order valence-corrected chi connectivity index (χ2v) is 8.42. The van der Waals surface area contributed by atoms with E-state index in [1.807, 2.05) is 12.1 Å². The molecule has 2 aliphatic rings. The second kappa shape index (κ2) is 7.30. The van der Waals surface area contributed by atoms with Crippen molar-refractivity contribution in [3.63, 3.8) is 0 Å². The van der Waals surface area contributed by atoms with E-state index in [1.54, 1.807) is 29.7 Å². The van der Waals surface area contributed by atoms with Gasteiger partial charge in [-0.2, -0.15) is 0 Å². The first-order valence-electron chi connectivity index (χ1n) is 10.6. The van der Waals surface area contributed by atoms with Crippen LogP contribution < -0.4 is 10.4 Å². The molecule has 1 aromatic heterocycles. The number of hydrogen-bond donors (Lipinski definition) is 1. The normalized spacial score (nSPS) is 16.3. The fourth-order valence-corrected chi connectivity index (χ4v) is 4.86. The summed E-state index contributed by atoms with van der Waals surface area (Å²) < 4.78 is 1.69. The van der Waals surface area contributed by atoms with Crippen LogP contribution in [0.5, 0.6) is 5.75 Å². The Hall–Kier alpha value is -3.54. The van der Waals surface area contributed by atoms with Crippen molar-refractivity contribution in [2.24, 2.45) is 0 Å². The van der Waals surface area contributed by atoms with Gasteiger partial charge < -0.3 is 10.0 Å². The number of fused-ring (bicyclic) bond motifs is 3. The van der Waals surface area contributed by atoms with Gasteiger partial charge in [0.05, 0.1) is 6.04 Å². The van der Waals surface area contributed by atoms with Gasteiger partial charge in [-0.3, -0.25) is 19.3 Å². The lowest BCUT2D eigenvalue weighted by Crippen LogP contribution is -2.54. The summed E-state index contributed by atoms with van der Waals surface area (Å²) in [7, 11) is 1.70. The number of aromatic nitrogens is 1. The Morgan fingerprint density at radius 2 is 1.52 bits per heavy atom. The summed E-state index contributed by atoms with van der Waals surface area (Å²) in [6.07, 6.45) is 4.70. The molecule has 5 rings (SSSR count). The number of amides is 1. The van der Waals surface area contributed by atoms with E-state index < -0.39 is 11.2 Å². The number of pyridine rings is 1. The maximum Gasteiger partial charge on any atom is 0.277 e. The van der Waals surface area contributed by atoms with Crippen LogP contribution in [0.2, 0.25) is 0 Å². The van der Waals surface area contributed by atoms with E-state index in [0.29, 0.717) is 12.2 Å². The second-order valence-electron chi connectivity index (χ2n) is 8.42. The molecule has 2 heterocycles. The number of carbonyl (C=O) groups is 1. The van der Waals surface area contributed by atoms with Crippen molar-refractivity contribution in [2.45, 2.75) is 32.2 Å². The molecule has 1 aliphatic carbocycles. The molecule has 31 heavy (non-hydrogen) atoms. The third-order valence-electron chi connectivity index (χ3n) is 6.42. The Balaban J connectivity index is 1.81. The Kier molecular flexibility index (Phi) is 4.58. The van der Waals surface area contributed by atoms with E-state index in [9.17, 15) is 14.7 Å². The number of aromatic hydroxyl groups is 1. The van der Waals surface area contributed by atoms with Gasteiger partial charge in [0.1, 0.15) is 6.67 Å². The molecule has 0 saturated heterocycles. The summed E-state index contributed by atoms with van der Waals surface area (Å²) in [5.41, 5.74) is 4.83. The predicted octanol–water partition coefficient (Wildman–Crippen LogP) is 3.12. The minimum Gasteiger partial charge on any atom is -0.502 e. The smallest absolute Gasteiger partial charge is 0.277 e. The van der Waals surface area contributed by atoms with Crippen LogP contribution >= 0.6 is 0 Å². The topological polar surface area (TPSA) is 65.8 Å². The Morgan fingerprint density at radius 3 is 2.13 bits per heavy atom. The average Bonchev–Trinajstić information content (AvgIpc) is 2.76. The Labute approximate surface area is 180 Å². The minimum atomic E-state index is -0.506. The van der Waals surface area contributed by atoms with Gasteiger partial charge in [-0.1, -0.05) is 48.5 Å². The summed E-state index contributed by atoms with van der Waals surface area (Å²) in [5, 5.41) is 12.7. The van der Waals surface area contributed by atoms with Crippen LogP contribution in [-0.4, -0.2) is 34.3 Å². The summed E-state index contributed by atoms with van der Waals surface area (Å²) >= 11 is 0. The number of aryl methyl sites for hydroxylation is 3. The maximum absolute atomic E-state index is 12.9. The van der Waals surface area contributed by atoms with E-state index in [-0.39, 0.29) is 17.6 Å². The Bertz CT molecular complexity index is 1200. The van der Waals surface area contributed by atoms with Crippen molar-refractivity contribution in [1.82, 2.24) is 9.58 Å². The number of rotatable bonds is 1. The van der Waals surface area contributed by atoms with Crippen LogP contribution in [0.25, 0.3) is 0 Å². The monoisotopic (exact) mass is 415 g/mol. The lowest BCUT2D eigenvalue weighted by Gasteiger charge is -2.44. The average molecular weight is 415 g/mol. The number of hydrogen-bond acceptors (Lipinski definition) is 4. The van der Waals surface area contributed by atoms with Gasteiger partial charge in [-0.25, -0.2) is 0 Å². The highest BCUT2D eigenvalue weighted by Crippen LogP contribution is 2.37. The molecule has 0 bridgehead atoms. The summed E-state index contributed by atoms with van der Waals surface area (Å²) in [6, 6.07) is 16.7. The first kappa shape index (κ1) is 19.4. The lowest BCUT2D eigenvalue weighted by atomic mass is 9.85. The van der Waals surface area contributed by atoms with Crippen LogP contribution in [-0.2, 0) is 12.8 Å². The summed E-state index contributed by atoms with van der Waals surface area (Å²) in [4.78, 5) is 26.9. The van der Waals surface area contributed by atoms with E-state index in [4.69, 9.17) is 0 Å². The summed E-state index contributed by atoms with van der Waals surface area (Å²) in [5.74, 6) is -0.854. The zero-order chi connectivity index (χ0) is 21.7. The van der Waals surface area contributed by atoms with Crippen LogP contribution in [0, 0.1) is 6.92 Å². The molecule has 1 amide bonds. The minimum absolute atomic E-state index is 0.0152. The SMILES string of the molecule is Cc1cn2c(c(O)c1=O)C(=O)N(C)CN2C1c2ccccc2CCCc2ccccc21. The van der Waals surface area contributed by atoms with E-state index >= 15 is 0 Å². The molecule has 158 valence electrons. The molecule has 6 heteroatoms. The van der Waals surface area contributed by atoms with Crippen molar-refractivity contribution in [3.8, 4) is 5.75 Å². The first-order valence-corrected chi connectivity index (χ1v) is 10.6. The highest BCUT2D eigenvalue weighted by molar-refractivity contribution is 5.96. The van der Waals surface area contributed by atoms with Gasteiger partial charge in [0.25, 0.3) is 5.91 Å². The predicted molar refractivity (Wildman–Crippen MR) is 119 cm³/mol. The molecule has 1 aliphatic heterocycles. The van der Waals surface area contributed by atoms with Crippen molar-refractivity contribution in [3.05, 3.63) is 98.5 Å². The molecular formula is C25H25N3O3. The van der Waals surface area contributed by atoms with Crippen LogP contribution in [0.3, 0.4) is 0 Å². The van der Waals surface area contributed by atoms with E-state index in [1.165, 1.54) is 22.3 Å². The summed E-state index contributed by atoms with van der Waals surface area (Å²) in [6.45, 7) is 2.00. The molecule has 1 N–H and O–H groups in total. The molecule has 0 radical (unpaired) electrons. The lowest BCUT2D eigenvalue weighted by molar-refractivity contribution is 0.0726. The van der Waals surface area contributed by atoms with Gasteiger partial charge >= 0.3 is 0 Å². The van der Waals surface area contributed by atoms with Crippen molar-refractivity contribution in [1.29, 1.82) is 0 Å². The van der Waals surface area contributed by atoms with Gasteiger partial charge in [0, 0.05) is 18.8 Å². The quantitative estimate of drug-likeness (QED) is 0.663. The molecule has 0 fully saturated rings. The molecular weight excluding hydrogens is 390 g/mol. The molecule has 6 nitrogen and oxygen atoms in total. The fourth-order valence-electron chi connectivity index (χ4n) is 4.86. The zero-order valence-corrected chi connectivity index (χ0v) is 17.7. The van der Waals surface area contributed by atoms with Gasteiger partial charge in [0.2, 0.25) is 5.43 Å². The van der Waals surface area contributed by atoms with Crippen LogP contribution in [0.4, 0.5) is 0 Å².